The maximum atomic E-state index is 13.1. The summed E-state index contributed by atoms with van der Waals surface area (Å²) in [7, 11) is 3.30. The Morgan fingerprint density at radius 2 is 2.11 bits per heavy atom. The number of aromatic amines is 1. The highest BCUT2D eigenvalue weighted by molar-refractivity contribution is 5.47. The molecule has 1 fully saturated rings. The first kappa shape index (κ1) is 17.3. The molecule has 28 heavy (non-hydrogen) atoms. The molecule has 0 spiro atoms. The lowest BCUT2D eigenvalue weighted by Gasteiger charge is -2.28. The van der Waals surface area contributed by atoms with Crippen LogP contribution in [0, 0.1) is 0 Å². The minimum atomic E-state index is 0.0224. The highest BCUT2D eigenvalue weighted by atomic mass is 16.5. The third-order valence-electron chi connectivity index (χ3n) is 5.76. The molecule has 2 aliphatic rings. The molecule has 1 aliphatic heterocycles. The van der Waals surface area contributed by atoms with Crippen molar-refractivity contribution in [3.8, 4) is 11.5 Å². The van der Waals surface area contributed by atoms with Crippen LogP contribution >= 0.6 is 0 Å². The summed E-state index contributed by atoms with van der Waals surface area (Å²) in [5.74, 6) is 2.04. The number of rotatable bonds is 5. The highest BCUT2D eigenvalue weighted by Gasteiger charge is 2.28. The summed E-state index contributed by atoms with van der Waals surface area (Å²) >= 11 is 0. The van der Waals surface area contributed by atoms with Crippen molar-refractivity contribution in [3.63, 3.8) is 0 Å². The second kappa shape index (κ2) is 6.67. The van der Waals surface area contributed by atoms with Crippen molar-refractivity contribution in [2.24, 2.45) is 0 Å². The van der Waals surface area contributed by atoms with Crippen LogP contribution in [-0.2, 0) is 19.5 Å². The fourth-order valence-electron chi connectivity index (χ4n) is 4.11. The summed E-state index contributed by atoms with van der Waals surface area (Å²) in [5.41, 5.74) is 4.66. The molecule has 7 nitrogen and oxygen atoms in total. The Hall–Kier alpha value is -2.80. The Labute approximate surface area is 162 Å². The predicted octanol–water partition coefficient (Wildman–Crippen LogP) is 2.48. The normalized spacial score (nSPS) is 16.9. The number of aromatic nitrogens is 3. The molecule has 0 saturated heterocycles. The highest BCUT2D eigenvalue weighted by Crippen LogP contribution is 2.39. The molecular weight excluding hydrogens is 356 g/mol. The van der Waals surface area contributed by atoms with E-state index < -0.39 is 0 Å². The van der Waals surface area contributed by atoms with Crippen molar-refractivity contribution in [1.29, 1.82) is 0 Å². The lowest BCUT2D eigenvalue weighted by Crippen LogP contribution is -2.36. The van der Waals surface area contributed by atoms with Crippen LogP contribution in [-0.4, -0.2) is 40.3 Å². The SMILES string of the molecule is COc1cccc(CN2CCc3nc4cc(C5CC5)[nH]n4c(=O)c3C2)c1OC. The largest absolute Gasteiger partial charge is 0.493 e. The second-order valence-electron chi connectivity index (χ2n) is 7.63. The number of methoxy groups -OCH3 is 2. The third-order valence-corrected chi connectivity index (χ3v) is 5.76. The molecule has 1 saturated carbocycles. The zero-order valence-electron chi connectivity index (χ0n) is 16.2. The van der Waals surface area contributed by atoms with E-state index in [1.807, 2.05) is 24.3 Å². The van der Waals surface area contributed by atoms with Gasteiger partial charge in [-0.2, -0.15) is 0 Å². The molecule has 3 heterocycles. The molecule has 0 unspecified atom stereocenters. The zero-order chi connectivity index (χ0) is 19.3. The third kappa shape index (κ3) is 2.86. The summed E-state index contributed by atoms with van der Waals surface area (Å²) in [6, 6.07) is 7.93. The summed E-state index contributed by atoms with van der Waals surface area (Å²) in [5, 5.41) is 3.26. The summed E-state index contributed by atoms with van der Waals surface area (Å²) in [6.07, 6.45) is 3.16. The standard InChI is InChI=1S/C21H24N4O3/c1-27-18-5-3-4-14(20(18)28-2)11-24-9-8-16-15(12-24)21(26)25-19(22-16)10-17(23-25)13-6-7-13/h3-5,10,13,23H,6-9,11-12H2,1-2H3. The first-order valence-electron chi connectivity index (χ1n) is 9.73. The quantitative estimate of drug-likeness (QED) is 0.736. The molecule has 7 heteroatoms. The molecule has 0 bridgehead atoms. The molecule has 1 aromatic carbocycles. The van der Waals surface area contributed by atoms with Crippen LogP contribution in [0.15, 0.2) is 29.1 Å². The van der Waals surface area contributed by atoms with Crippen LogP contribution in [0.3, 0.4) is 0 Å². The molecule has 0 amide bonds. The van der Waals surface area contributed by atoms with Gasteiger partial charge in [0.15, 0.2) is 17.1 Å². The molecule has 1 aliphatic carbocycles. The van der Waals surface area contributed by atoms with Crippen LogP contribution in [0.1, 0.15) is 41.3 Å². The molecule has 0 atom stereocenters. The lowest BCUT2D eigenvalue weighted by molar-refractivity contribution is 0.236. The van der Waals surface area contributed by atoms with E-state index >= 15 is 0 Å². The second-order valence-corrected chi connectivity index (χ2v) is 7.63. The molecule has 146 valence electrons. The fraction of sp³-hybridized carbons (Fsp3) is 0.429. The molecule has 3 aromatic rings. The number of H-pyrrole nitrogens is 1. The number of hydrogen-bond donors (Lipinski definition) is 1. The number of benzene rings is 1. The van der Waals surface area contributed by atoms with E-state index in [0.29, 0.717) is 19.0 Å². The van der Waals surface area contributed by atoms with Gasteiger partial charge in [0.2, 0.25) is 0 Å². The van der Waals surface area contributed by atoms with E-state index in [0.717, 1.165) is 52.6 Å². The molecule has 2 aromatic heterocycles. The minimum Gasteiger partial charge on any atom is -0.493 e. The average Bonchev–Trinajstić information content (AvgIpc) is 3.48. The minimum absolute atomic E-state index is 0.0224. The van der Waals surface area contributed by atoms with Crippen molar-refractivity contribution >= 4 is 5.65 Å². The monoisotopic (exact) mass is 380 g/mol. The topological polar surface area (TPSA) is 71.9 Å². The van der Waals surface area contributed by atoms with Crippen molar-refractivity contribution in [3.05, 3.63) is 57.1 Å². The van der Waals surface area contributed by atoms with Gasteiger partial charge in [0.05, 0.1) is 25.5 Å². The van der Waals surface area contributed by atoms with Gasteiger partial charge in [-0.15, -0.1) is 0 Å². The van der Waals surface area contributed by atoms with Crippen molar-refractivity contribution in [1.82, 2.24) is 19.5 Å². The maximum absolute atomic E-state index is 13.1. The van der Waals surface area contributed by atoms with Gasteiger partial charge in [-0.3, -0.25) is 14.8 Å². The van der Waals surface area contributed by atoms with Crippen LogP contribution in [0.5, 0.6) is 11.5 Å². The van der Waals surface area contributed by atoms with E-state index in [2.05, 4.69) is 10.00 Å². The van der Waals surface area contributed by atoms with Crippen LogP contribution in [0.25, 0.3) is 5.65 Å². The molecule has 0 radical (unpaired) electrons. The van der Waals surface area contributed by atoms with Gasteiger partial charge in [0.1, 0.15) is 0 Å². The van der Waals surface area contributed by atoms with Crippen molar-refractivity contribution in [2.45, 2.75) is 38.3 Å². The van der Waals surface area contributed by atoms with Crippen molar-refractivity contribution < 1.29 is 9.47 Å². The van der Waals surface area contributed by atoms with E-state index in [-0.39, 0.29) is 5.56 Å². The van der Waals surface area contributed by atoms with Crippen LogP contribution in [0.4, 0.5) is 0 Å². The van der Waals surface area contributed by atoms with E-state index in [1.54, 1.807) is 18.7 Å². The van der Waals surface area contributed by atoms with E-state index in [1.165, 1.54) is 12.8 Å². The number of ether oxygens (including phenoxy) is 2. The van der Waals surface area contributed by atoms with Gasteiger partial charge in [-0.25, -0.2) is 9.50 Å². The first-order valence-corrected chi connectivity index (χ1v) is 9.73. The molecule has 5 rings (SSSR count). The van der Waals surface area contributed by atoms with Gasteiger partial charge in [0.25, 0.3) is 5.56 Å². The van der Waals surface area contributed by atoms with Gasteiger partial charge < -0.3 is 9.47 Å². The Morgan fingerprint density at radius 1 is 1.25 bits per heavy atom. The first-order chi connectivity index (χ1) is 13.7. The number of para-hydroxylation sites is 1. The summed E-state index contributed by atoms with van der Waals surface area (Å²) < 4.78 is 12.6. The summed E-state index contributed by atoms with van der Waals surface area (Å²) in [6.45, 7) is 2.14. The smallest absolute Gasteiger partial charge is 0.277 e. The molecule has 1 N–H and O–H groups in total. The zero-order valence-corrected chi connectivity index (χ0v) is 16.2. The number of nitrogens with one attached hydrogen (secondary N) is 1. The average molecular weight is 380 g/mol. The van der Waals surface area contributed by atoms with Crippen LogP contribution in [0.2, 0.25) is 0 Å². The van der Waals surface area contributed by atoms with Gasteiger partial charge in [0, 0.05) is 49.3 Å². The van der Waals surface area contributed by atoms with Crippen molar-refractivity contribution in [2.75, 3.05) is 20.8 Å². The van der Waals surface area contributed by atoms with E-state index in [4.69, 9.17) is 14.5 Å². The Kier molecular flexibility index (Phi) is 4.12. The summed E-state index contributed by atoms with van der Waals surface area (Å²) in [4.78, 5) is 20.1. The van der Waals surface area contributed by atoms with Gasteiger partial charge >= 0.3 is 0 Å². The van der Waals surface area contributed by atoms with Gasteiger partial charge in [-0.05, 0) is 18.9 Å². The lowest BCUT2D eigenvalue weighted by atomic mass is 10.1. The Bertz CT molecular complexity index is 1100. The molecular formula is C21H24N4O3. The number of hydrogen-bond acceptors (Lipinski definition) is 5. The fourth-order valence-corrected chi connectivity index (χ4v) is 4.11. The maximum Gasteiger partial charge on any atom is 0.277 e. The Balaban J connectivity index is 1.45. The van der Waals surface area contributed by atoms with Gasteiger partial charge in [-0.1, -0.05) is 12.1 Å². The number of nitrogens with zero attached hydrogens (tertiary/aromatic N) is 3. The van der Waals surface area contributed by atoms with E-state index in [9.17, 15) is 4.79 Å². The predicted molar refractivity (Wildman–Crippen MR) is 105 cm³/mol. The Morgan fingerprint density at radius 3 is 2.86 bits per heavy atom. The number of fused-ring (bicyclic) bond motifs is 2. The van der Waals surface area contributed by atoms with Crippen LogP contribution < -0.4 is 15.0 Å².